The maximum Gasteiger partial charge on any atom is 0.335 e. The molecule has 174 valence electrons. The molecular weight excluding hydrogens is 495 g/mol. The summed E-state index contributed by atoms with van der Waals surface area (Å²) in [5, 5.41) is 15.4. The minimum absolute atomic E-state index is 0.130. The summed E-state index contributed by atoms with van der Waals surface area (Å²) in [7, 11) is -1.72. The number of pyridine rings is 1. The summed E-state index contributed by atoms with van der Waals surface area (Å²) in [4.78, 5) is 16.2. The first-order chi connectivity index (χ1) is 16.3. The first-order valence-corrected chi connectivity index (χ1v) is 12.5. The number of anilines is 1. The zero-order chi connectivity index (χ0) is 24.0. The van der Waals surface area contributed by atoms with Gasteiger partial charge in [0, 0.05) is 11.6 Å². The molecule has 0 radical (unpaired) electrons. The highest BCUT2D eigenvalue weighted by atomic mass is 35.5. The van der Waals surface area contributed by atoms with Crippen LogP contribution >= 0.6 is 23.2 Å². The first-order valence-electron chi connectivity index (χ1n) is 10.6. The number of carbonyl (C=O) groups is 1. The van der Waals surface area contributed by atoms with Gasteiger partial charge in [0.2, 0.25) is 0 Å². The molecule has 0 aliphatic heterocycles. The lowest BCUT2D eigenvalue weighted by atomic mass is 10.1. The van der Waals surface area contributed by atoms with Gasteiger partial charge in [0.05, 0.1) is 44.8 Å². The average molecular weight is 515 g/mol. The molecule has 34 heavy (non-hydrogen) atoms. The molecule has 2 heterocycles. The molecule has 0 amide bonds. The van der Waals surface area contributed by atoms with Gasteiger partial charge < -0.3 is 5.11 Å². The monoisotopic (exact) mass is 514 g/mol. The second kappa shape index (κ2) is 9.02. The number of aromatic nitrogens is 3. The van der Waals surface area contributed by atoms with Crippen LogP contribution in [0.25, 0.3) is 10.9 Å². The second-order valence-corrected chi connectivity index (χ2v) is 10.5. The molecule has 4 aromatic rings. The molecule has 1 unspecified atom stereocenters. The highest BCUT2D eigenvalue weighted by Crippen LogP contribution is 2.37. The number of hydrogen-bond acceptors (Lipinski definition) is 4. The molecule has 1 atom stereocenters. The zero-order valence-electron chi connectivity index (χ0n) is 18.1. The topological polar surface area (TPSA) is 88.3 Å². The minimum Gasteiger partial charge on any atom is -0.478 e. The second-order valence-electron chi connectivity index (χ2n) is 8.24. The standard InChI is InChI=1S/C24H20Cl2N4O3S/c1-14-8-16(24(31)32)3-7-22(14)34(33)29(23-20(26)10-18(25)12-27-23)13-15-2-6-21-17(9-15)11-28-30(21)19-4-5-19/h2-3,6-12,19H,4-5,13H2,1H3,(H,31,32). The van der Waals surface area contributed by atoms with Gasteiger partial charge in [0.15, 0.2) is 16.8 Å². The number of halogens is 2. The van der Waals surface area contributed by atoms with Crippen molar-refractivity contribution in [3.63, 3.8) is 0 Å². The third-order valence-corrected chi connectivity index (χ3v) is 7.74. The van der Waals surface area contributed by atoms with E-state index < -0.39 is 17.0 Å². The van der Waals surface area contributed by atoms with Gasteiger partial charge in [-0.25, -0.2) is 14.0 Å². The molecule has 1 fully saturated rings. The van der Waals surface area contributed by atoms with Gasteiger partial charge in [0.25, 0.3) is 0 Å². The molecule has 2 aromatic carbocycles. The van der Waals surface area contributed by atoms with E-state index in [0.29, 0.717) is 27.3 Å². The Kier molecular flexibility index (Phi) is 6.06. The fraction of sp³-hybridized carbons (Fsp3) is 0.208. The van der Waals surface area contributed by atoms with Crippen molar-refractivity contribution in [2.24, 2.45) is 0 Å². The van der Waals surface area contributed by atoms with Crippen molar-refractivity contribution < 1.29 is 14.1 Å². The summed E-state index contributed by atoms with van der Waals surface area (Å²) in [6.45, 7) is 1.98. The Bertz CT molecular complexity index is 1450. The fourth-order valence-corrected chi connectivity index (χ4v) is 5.73. The maximum atomic E-state index is 13.8. The molecule has 0 saturated heterocycles. The lowest BCUT2D eigenvalue weighted by Crippen LogP contribution is -2.27. The van der Waals surface area contributed by atoms with E-state index in [0.717, 1.165) is 29.3 Å². The summed E-state index contributed by atoms with van der Waals surface area (Å²) in [5.41, 5.74) is 2.70. The molecule has 5 rings (SSSR count). The number of aryl methyl sites for hydroxylation is 1. The predicted molar refractivity (Wildman–Crippen MR) is 133 cm³/mol. The Balaban J connectivity index is 1.54. The van der Waals surface area contributed by atoms with E-state index in [2.05, 4.69) is 14.8 Å². The number of carboxylic acid groups (broad SMARTS) is 1. The molecule has 1 N–H and O–H groups in total. The van der Waals surface area contributed by atoms with E-state index in [1.165, 1.54) is 18.3 Å². The lowest BCUT2D eigenvalue weighted by Gasteiger charge is -2.24. The van der Waals surface area contributed by atoms with Crippen molar-refractivity contribution in [3.8, 4) is 0 Å². The van der Waals surface area contributed by atoms with Gasteiger partial charge in [-0.15, -0.1) is 0 Å². The Morgan fingerprint density at radius 2 is 1.97 bits per heavy atom. The van der Waals surface area contributed by atoms with Crippen LogP contribution in [0.5, 0.6) is 0 Å². The molecule has 1 aliphatic rings. The van der Waals surface area contributed by atoms with Crippen molar-refractivity contribution >= 4 is 56.9 Å². The van der Waals surface area contributed by atoms with Crippen molar-refractivity contribution in [2.45, 2.75) is 37.2 Å². The number of hydrogen-bond donors (Lipinski definition) is 1. The van der Waals surface area contributed by atoms with Gasteiger partial charge >= 0.3 is 5.97 Å². The van der Waals surface area contributed by atoms with Crippen LogP contribution in [0.3, 0.4) is 0 Å². The Hall–Kier alpha value is -2.94. The van der Waals surface area contributed by atoms with E-state index in [1.54, 1.807) is 23.4 Å². The Labute approximate surface area is 208 Å². The summed E-state index contributed by atoms with van der Waals surface area (Å²) >= 11 is 12.5. The van der Waals surface area contributed by atoms with Crippen molar-refractivity contribution in [1.29, 1.82) is 0 Å². The Morgan fingerprint density at radius 3 is 2.65 bits per heavy atom. The van der Waals surface area contributed by atoms with E-state index >= 15 is 0 Å². The quantitative estimate of drug-likeness (QED) is 0.336. The number of rotatable bonds is 7. The van der Waals surface area contributed by atoms with Gasteiger partial charge in [-0.05, 0) is 67.3 Å². The van der Waals surface area contributed by atoms with Crippen LogP contribution < -0.4 is 4.31 Å². The third kappa shape index (κ3) is 4.41. The van der Waals surface area contributed by atoms with E-state index in [4.69, 9.17) is 23.2 Å². The molecule has 0 bridgehead atoms. The van der Waals surface area contributed by atoms with Crippen LogP contribution in [0.2, 0.25) is 10.0 Å². The summed E-state index contributed by atoms with van der Waals surface area (Å²) in [6.07, 6.45) is 5.59. The van der Waals surface area contributed by atoms with Gasteiger partial charge in [-0.2, -0.15) is 5.10 Å². The largest absolute Gasteiger partial charge is 0.478 e. The smallest absolute Gasteiger partial charge is 0.335 e. The number of aromatic carboxylic acids is 1. The van der Waals surface area contributed by atoms with Crippen LogP contribution in [0.15, 0.2) is 59.8 Å². The molecule has 1 saturated carbocycles. The molecule has 7 nitrogen and oxygen atoms in total. The van der Waals surface area contributed by atoms with Crippen LogP contribution in [0.1, 0.15) is 40.4 Å². The summed E-state index contributed by atoms with van der Waals surface area (Å²) < 4.78 is 17.4. The fourth-order valence-electron chi connectivity index (χ4n) is 3.88. The highest BCUT2D eigenvalue weighted by molar-refractivity contribution is 7.86. The van der Waals surface area contributed by atoms with Crippen molar-refractivity contribution in [2.75, 3.05) is 4.31 Å². The van der Waals surface area contributed by atoms with Gasteiger partial charge in [-0.3, -0.25) is 8.99 Å². The van der Waals surface area contributed by atoms with Crippen LogP contribution in [-0.4, -0.2) is 30.0 Å². The van der Waals surface area contributed by atoms with Crippen LogP contribution in [-0.2, 0) is 17.5 Å². The maximum absolute atomic E-state index is 13.8. The average Bonchev–Trinajstić information content (AvgIpc) is 3.56. The third-order valence-electron chi connectivity index (χ3n) is 5.71. The molecule has 2 aromatic heterocycles. The van der Waals surface area contributed by atoms with Crippen molar-refractivity contribution in [3.05, 3.63) is 81.6 Å². The predicted octanol–water partition coefficient (Wildman–Crippen LogP) is 5.81. The van der Waals surface area contributed by atoms with Gasteiger partial charge in [0.1, 0.15) is 0 Å². The highest BCUT2D eigenvalue weighted by Gasteiger charge is 2.26. The molecule has 1 aliphatic carbocycles. The first kappa shape index (κ1) is 22.8. The number of carboxylic acids is 1. The van der Waals surface area contributed by atoms with Crippen LogP contribution in [0.4, 0.5) is 5.82 Å². The number of benzene rings is 2. The summed E-state index contributed by atoms with van der Waals surface area (Å²) in [5.74, 6) is -0.723. The van der Waals surface area contributed by atoms with Crippen molar-refractivity contribution in [1.82, 2.24) is 14.8 Å². The number of nitrogens with zero attached hydrogens (tertiary/aromatic N) is 4. The Morgan fingerprint density at radius 1 is 1.18 bits per heavy atom. The molecular formula is C24H20Cl2N4O3S. The van der Waals surface area contributed by atoms with Crippen LogP contribution in [0, 0.1) is 6.92 Å². The van der Waals surface area contributed by atoms with Gasteiger partial charge in [-0.1, -0.05) is 29.3 Å². The molecule has 10 heteroatoms. The zero-order valence-corrected chi connectivity index (χ0v) is 20.4. The SMILES string of the molecule is Cc1cc(C(=O)O)ccc1S(=O)N(Cc1ccc2c(cnn2C2CC2)c1)c1ncc(Cl)cc1Cl. The molecule has 0 spiro atoms. The van der Waals surface area contributed by atoms with E-state index in [9.17, 15) is 14.1 Å². The normalized spacial score (nSPS) is 14.3. The lowest BCUT2D eigenvalue weighted by molar-refractivity contribution is 0.0696. The number of fused-ring (bicyclic) bond motifs is 1. The van der Waals surface area contributed by atoms with E-state index in [-0.39, 0.29) is 17.1 Å². The van der Waals surface area contributed by atoms with E-state index in [1.807, 2.05) is 24.4 Å². The summed E-state index contributed by atoms with van der Waals surface area (Å²) in [6, 6.07) is 12.6. The minimum atomic E-state index is -1.72.